The van der Waals surface area contributed by atoms with Gasteiger partial charge >= 0.3 is 0 Å². The van der Waals surface area contributed by atoms with Crippen LogP contribution in [0.4, 0.5) is 10.2 Å². The van der Waals surface area contributed by atoms with Gasteiger partial charge in [0.15, 0.2) is 21.9 Å². The first-order chi connectivity index (χ1) is 11.1. The van der Waals surface area contributed by atoms with Gasteiger partial charge in [-0.05, 0) is 37.7 Å². The quantitative estimate of drug-likeness (QED) is 0.820. The maximum absolute atomic E-state index is 13.7. The second kappa shape index (κ2) is 8.09. The van der Waals surface area contributed by atoms with Gasteiger partial charge in [-0.15, -0.1) is 22.6 Å². The number of hydrogen-bond acceptors (Lipinski definition) is 7. The van der Waals surface area contributed by atoms with Gasteiger partial charge < -0.3 is 14.8 Å². The molecular weight excluding hydrogens is 353 g/mol. The summed E-state index contributed by atoms with van der Waals surface area (Å²) in [7, 11) is 5.45. The lowest BCUT2D eigenvalue weighted by atomic mass is 9.97. The van der Waals surface area contributed by atoms with Crippen LogP contribution in [0.15, 0.2) is 16.5 Å². The molecule has 1 fully saturated rings. The largest absolute Gasteiger partial charge is 0.360 e. The molecule has 1 aliphatic heterocycles. The highest BCUT2D eigenvalue weighted by Gasteiger charge is 2.22. The minimum atomic E-state index is -0.437. The van der Waals surface area contributed by atoms with E-state index in [1.165, 1.54) is 18.0 Å². The van der Waals surface area contributed by atoms with Gasteiger partial charge in [0.25, 0.3) is 0 Å². The minimum absolute atomic E-state index is 0. The van der Waals surface area contributed by atoms with E-state index in [9.17, 15) is 4.39 Å². The highest BCUT2D eigenvalue weighted by Crippen LogP contribution is 2.29. The van der Waals surface area contributed by atoms with Crippen molar-refractivity contribution in [3.05, 3.63) is 17.8 Å². The number of nitrogens with zero attached hydrogens (tertiary/aromatic N) is 6. The van der Waals surface area contributed by atoms with Gasteiger partial charge in [0, 0.05) is 27.1 Å². The standard InChI is InChI=1S/C14H20FN7S.ClH/c1-21(2)12-10(15)8-17-13(18-12)23-14-20-19-11(22(14)3)9-4-6-16-7-5-9;/h8-9,16H,4-7H2,1-3H3;1H. The fourth-order valence-corrected chi connectivity index (χ4v) is 3.35. The Morgan fingerprint density at radius 3 is 2.67 bits per heavy atom. The third kappa shape index (κ3) is 3.96. The van der Waals surface area contributed by atoms with E-state index in [-0.39, 0.29) is 18.2 Å². The zero-order valence-electron chi connectivity index (χ0n) is 13.9. The van der Waals surface area contributed by atoms with E-state index in [0.29, 0.717) is 11.1 Å². The lowest BCUT2D eigenvalue weighted by Crippen LogP contribution is -2.27. The summed E-state index contributed by atoms with van der Waals surface area (Å²) in [6.45, 7) is 2.01. The average molecular weight is 374 g/mol. The Kier molecular flexibility index (Phi) is 6.36. The van der Waals surface area contributed by atoms with Crippen LogP contribution >= 0.6 is 24.2 Å². The first-order valence-corrected chi connectivity index (χ1v) is 8.35. The molecule has 1 N–H and O–H groups in total. The van der Waals surface area contributed by atoms with E-state index in [4.69, 9.17) is 0 Å². The van der Waals surface area contributed by atoms with Crippen LogP contribution in [-0.2, 0) is 7.05 Å². The topological polar surface area (TPSA) is 71.8 Å². The third-order valence-electron chi connectivity index (χ3n) is 3.88. The predicted octanol–water partition coefficient (Wildman–Crippen LogP) is 1.85. The van der Waals surface area contributed by atoms with Crippen LogP contribution in [0.1, 0.15) is 24.6 Å². The van der Waals surface area contributed by atoms with Gasteiger partial charge in [0.2, 0.25) is 0 Å². The zero-order valence-corrected chi connectivity index (χ0v) is 15.5. The van der Waals surface area contributed by atoms with Crippen LogP contribution in [0.5, 0.6) is 0 Å². The number of aromatic nitrogens is 5. The van der Waals surface area contributed by atoms with E-state index in [0.717, 1.165) is 36.9 Å². The number of nitrogens with one attached hydrogen (secondary N) is 1. The van der Waals surface area contributed by atoms with E-state index in [1.54, 1.807) is 19.0 Å². The van der Waals surface area contributed by atoms with Crippen LogP contribution in [-0.4, -0.2) is 51.9 Å². The number of anilines is 1. The van der Waals surface area contributed by atoms with Gasteiger partial charge in [-0.3, -0.25) is 0 Å². The lowest BCUT2D eigenvalue weighted by molar-refractivity contribution is 0.434. The normalized spacial score (nSPS) is 15.2. The fourth-order valence-electron chi connectivity index (χ4n) is 2.64. The summed E-state index contributed by atoms with van der Waals surface area (Å²) < 4.78 is 15.7. The summed E-state index contributed by atoms with van der Waals surface area (Å²) in [4.78, 5) is 9.90. The molecule has 2 aromatic rings. The first kappa shape index (κ1) is 18.9. The average Bonchev–Trinajstić information content (AvgIpc) is 2.91. The van der Waals surface area contributed by atoms with Crippen molar-refractivity contribution in [1.82, 2.24) is 30.0 Å². The molecule has 132 valence electrons. The first-order valence-electron chi connectivity index (χ1n) is 7.54. The van der Waals surface area contributed by atoms with Crippen molar-refractivity contribution in [3.8, 4) is 0 Å². The van der Waals surface area contributed by atoms with Gasteiger partial charge in [0.1, 0.15) is 5.82 Å². The van der Waals surface area contributed by atoms with E-state index in [2.05, 4.69) is 25.5 Å². The van der Waals surface area contributed by atoms with E-state index < -0.39 is 5.82 Å². The van der Waals surface area contributed by atoms with Gasteiger partial charge in [0.05, 0.1) is 6.20 Å². The Morgan fingerprint density at radius 1 is 1.29 bits per heavy atom. The summed E-state index contributed by atoms with van der Waals surface area (Å²) in [6.07, 6.45) is 3.32. The summed E-state index contributed by atoms with van der Waals surface area (Å²) in [6, 6.07) is 0. The third-order valence-corrected chi connectivity index (χ3v) is 4.80. The molecule has 0 bridgehead atoms. The zero-order chi connectivity index (χ0) is 16.4. The second-order valence-electron chi connectivity index (χ2n) is 5.74. The molecule has 0 atom stereocenters. The highest BCUT2D eigenvalue weighted by molar-refractivity contribution is 7.99. The van der Waals surface area contributed by atoms with Gasteiger partial charge in [-0.2, -0.15) is 0 Å². The van der Waals surface area contributed by atoms with Crippen molar-refractivity contribution < 1.29 is 4.39 Å². The number of halogens is 2. The molecule has 1 saturated heterocycles. The number of hydrogen-bond donors (Lipinski definition) is 1. The molecule has 0 aliphatic carbocycles. The Morgan fingerprint density at radius 2 is 2.00 bits per heavy atom. The number of rotatable bonds is 4. The lowest BCUT2D eigenvalue weighted by Gasteiger charge is -2.21. The molecule has 0 unspecified atom stereocenters. The summed E-state index contributed by atoms with van der Waals surface area (Å²) in [5.74, 6) is 1.24. The second-order valence-corrected chi connectivity index (χ2v) is 6.68. The summed E-state index contributed by atoms with van der Waals surface area (Å²) >= 11 is 1.30. The molecular formula is C14H21ClFN7S. The fraction of sp³-hybridized carbons (Fsp3) is 0.571. The Hall–Kier alpha value is -1.45. The van der Waals surface area contributed by atoms with E-state index >= 15 is 0 Å². The van der Waals surface area contributed by atoms with Crippen molar-refractivity contribution in [1.29, 1.82) is 0 Å². The van der Waals surface area contributed by atoms with Crippen LogP contribution in [0, 0.1) is 5.82 Å². The highest BCUT2D eigenvalue weighted by atomic mass is 35.5. The molecule has 0 amide bonds. The van der Waals surface area contributed by atoms with Crippen LogP contribution in [0.25, 0.3) is 0 Å². The van der Waals surface area contributed by atoms with Gasteiger partial charge in [-0.25, -0.2) is 14.4 Å². The van der Waals surface area contributed by atoms with Crippen LogP contribution < -0.4 is 10.2 Å². The maximum atomic E-state index is 13.7. The molecule has 10 heteroatoms. The summed E-state index contributed by atoms with van der Waals surface area (Å²) in [5, 5.41) is 13.1. The van der Waals surface area contributed by atoms with Crippen molar-refractivity contribution in [2.45, 2.75) is 29.1 Å². The molecule has 3 rings (SSSR count). The van der Waals surface area contributed by atoms with Gasteiger partial charge in [-0.1, -0.05) is 0 Å². The molecule has 2 aromatic heterocycles. The van der Waals surface area contributed by atoms with Crippen molar-refractivity contribution in [3.63, 3.8) is 0 Å². The number of piperidine rings is 1. The molecule has 0 spiro atoms. The van der Waals surface area contributed by atoms with Crippen LogP contribution in [0.3, 0.4) is 0 Å². The molecule has 1 aliphatic rings. The monoisotopic (exact) mass is 373 g/mol. The molecule has 0 radical (unpaired) electrons. The summed E-state index contributed by atoms with van der Waals surface area (Å²) in [5.41, 5.74) is 0. The predicted molar refractivity (Wildman–Crippen MR) is 93.5 cm³/mol. The molecule has 0 aromatic carbocycles. The maximum Gasteiger partial charge on any atom is 0.198 e. The Bertz CT molecular complexity index is 688. The van der Waals surface area contributed by atoms with Crippen molar-refractivity contribution in [2.75, 3.05) is 32.1 Å². The molecule has 7 nitrogen and oxygen atoms in total. The molecule has 0 saturated carbocycles. The minimum Gasteiger partial charge on any atom is -0.360 e. The molecule has 3 heterocycles. The SMILES string of the molecule is CN(C)c1nc(Sc2nnc(C3CCNCC3)n2C)ncc1F.Cl. The Labute approximate surface area is 150 Å². The van der Waals surface area contributed by atoms with Crippen molar-refractivity contribution in [2.24, 2.45) is 7.05 Å². The van der Waals surface area contributed by atoms with E-state index in [1.807, 2.05) is 11.6 Å². The molecule has 24 heavy (non-hydrogen) atoms. The smallest absolute Gasteiger partial charge is 0.198 e. The Balaban J connectivity index is 0.00000208. The van der Waals surface area contributed by atoms with Crippen molar-refractivity contribution >= 4 is 30.0 Å². The van der Waals surface area contributed by atoms with Crippen LogP contribution in [0.2, 0.25) is 0 Å².